The fourth-order valence-electron chi connectivity index (χ4n) is 6.89. The maximum absolute atomic E-state index is 14.5. The van der Waals surface area contributed by atoms with E-state index in [0.29, 0.717) is 30.1 Å². The van der Waals surface area contributed by atoms with E-state index in [1.54, 1.807) is 41.1 Å². The number of halogens is 1. The highest BCUT2D eigenvalue weighted by Crippen LogP contribution is 2.59. The largest absolute Gasteiger partial charge is 0.394 e. The number of ether oxygens (including phenoxy) is 1. The quantitative estimate of drug-likeness (QED) is 0.559. The van der Waals surface area contributed by atoms with E-state index in [-0.39, 0.29) is 36.8 Å². The molecule has 3 amide bonds. The predicted octanol–water partition coefficient (Wildman–Crippen LogP) is 3.04. The molecule has 8 nitrogen and oxygen atoms in total. The molecule has 0 aliphatic carbocycles. The van der Waals surface area contributed by atoms with Gasteiger partial charge in [-0.3, -0.25) is 14.4 Å². The van der Waals surface area contributed by atoms with Crippen LogP contribution in [0.1, 0.15) is 33.6 Å². The highest BCUT2D eigenvalue weighted by molar-refractivity contribution is 6.30. The number of carbonyl (C=O) groups is 3. The molecule has 0 bridgehead atoms. The number of hydrogen-bond donors (Lipinski definition) is 1. The number of likely N-dealkylation sites (N-methyl/N-ethyl adjacent to an activating group) is 1. The van der Waals surface area contributed by atoms with E-state index in [1.807, 2.05) is 45.1 Å². The molecule has 1 N–H and O–H groups in total. The summed E-state index contributed by atoms with van der Waals surface area (Å²) < 4.78 is 6.94. The molecule has 4 aliphatic rings. The van der Waals surface area contributed by atoms with Gasteiger partial charge in [-0.25, -0.2) is 0 Å². The van der Waals surface area contributed by atoms with Gasteiger partial charge in [0.1, 0.15) is 11.6 Å². The number of anilines is 1. The van der Waals surface area contributed by atoms with E-state index in [9.17, 15) is 19.5 Å². The molecule has 1 aromatic carbocycles. The Kier molecular flexibility index (Phi) is 6.95. The van der Waals surface area contributed by atoms with Crippen molar-refractivity contribution in [3.63, 3.8) is 0 Å². The van der Waals surface area contributed by atoms with Crippen molar-refractivity contribution in [2.24, 2.45) is 17.8 Å². The third kappa shape index (κ3) is 3.91. The van der Waals surface area contributed by atoms with Crippen LogP contribution in [0.15, 0.2) is 48.6 Å². The summed E-state index contributed by atoms with van der Waals surface area (Å²) >= 11 is 6.11. The lowest BCUT2D eigenvalue weighted by Crippen LogP contribution is -2.59. The van der Waals surface area contributed by atoms with Crippen LogP contribution in [-0.4, -0.2) is 82.7 Å². The zero-order valence-electron chi connectivity index (χ0n) is 22.3. The second-order valence-electron chi connectivity index (χ2n) is 11.3. The first-order valence-corrected chi connectivity index (χ1v) is 13.8. The second kappa shape index (κ2) is 9.81. The van der Waals surface area contributed by atoms with Gasteiger partial charge in [0.2, 0.25) is 11.8 Å². The molecule has 1 unspecified atom stereocenters. The Morgan fingerprint density at radius 2 is 1.71 bits per heavy atom. The van der Waals surface area contributed by atoms with Crippen molar-refractivity contribution < 1.29 is 24.2 Å². The Labute approximate surface area is 228 Å². The van der Waals surface area contributed by atoms with Crippen molar-refractivity contribution in [2.45, 2.75) is 56.9 Å². The third-order valence-electron chi connectivity index (χ3n) is 8.57. The zero-order chi connectivity index (χ0) is 27.4. The van der Waals surface area contributed by atoms with Gasteiger partial charge in [-0.2, -0.15) is 0 Å². The number of fused-ring (bicyclic) bond motifs is 2. The van der Waals surface area contributed by atoms with Crippen LogP contribution >= 0.6 is 11.6 Å². The third-order valence-corrected chi connectivity index (χ3v) is 8.82. The van der Waals surface area contributed by atoms with Gasteiger partial charge in [0.05, 0.1) is 30.1 Å². The number of hydrogen-bond acceptors (Lipinski definition) is 5. The number of amides is 3. The Bertz CT molecular complexity index is 1180. The lowest BCUT2D eigenvalue weighted by atomic mass is 9.73. The smallest absolute Gasteiger partial charge is 0.253 e. The van der Waals surface area contributed by atoms with Gasteiger partial charge < -0.3 is 24.5 Å². The standard InChI is InChI=1S/C29H36ClN3O5/c1-5-28-12-6-14-31(4)25(35)22(28)23-26(36)33(21(17-34)16-18(2)3)24-27(37)32(15-7-13-29(23,24)38-28)20-10-8-19(30)9-11-20/h6-13,18,21-24,34H,5,14-17H2,1-4H3/t21-,22+,23+,24?,28-,29+/m1/s1. The summed E-state index contributed by atoms with van der Waals surface area (Å²) in [6.07, 6.45) is 8.51. The Morgan fingerprint density at radius 3 is 2.34 bits per heavy atom. The fraction of sp³-hybridized carbons (Fsp3) is 0.552. The summed E-state index contributed by atoms with van der Waals surface area (Å²) in [6.45, 7) is 6.38. The molecule has 9 heteroatoms. The number of benzene rings is 1. The van der Waals surface area contributed by atoms with Gasteiger partial charge >= 0.3 is 0 Å². The van der Waals surface area contributed by atoms with Gasteiger partial charge in [-0.1, -0.05) is 56.7 Å². The minimum Gasteiger partial charge on any atom is -0.394 e. The van der Waals surface area contributed by atoms with E-state index < -0.39 is 35.1 Å². The SMILES string of the molecule is CC[C@@]12C=CCN(C)C(=O)[C@@H]1[C@H]1C(=O)N([C@@H](CO)CC(C)C)C3C(=O)N(c4ccc(Cl)cc4)CC=C[C@@]31O2. The molecule has 6 atom stereocenters. The number of nitrogens with zero attached hydrogens (tertiary/aromatic N) is 3. The van der Waals surface area contributed by atoms with Gasteiger partial charge in [0.25, 0.3) is 5.91 Å². The van der Waals surface area contributed by atoms with Crippen LogP contribution in [0.4, 0.5) is 5.69 Å². The molecule has 0 saturated carbocycles. The Morgan fingerprint density at radius 1 is 1.03 bits per heavy atom. The highest BCUT2D eigenvalue weighted by Gasteiger charge is 2.75. The summed E-state index contributed by atoms with van der Waals surface area (Å²) in [6, 6.07) is 5.37. The first kappa shape index (κ1) is 26.9. The van der Waals surface area contributed by atoms with Crippen molar-refractivity contribution >= 4 is 35.0 Å². The van der Waals surface area contributed by atoms with Gasteiger partial charge in [0, 0.05) is 30.8 Å². The van der Waals surface area contributed by atoms with Crippen LogP contribution in [0, 0.1) is 17.8 Å². The maximum Gasteiger partial charge on any atom is 0.253 e. The van der Waals surface area contributed by atoms with Crippen molar-refractivity contribution in [3.8, 4) is 0 Å². The molecular formula is C29H36ClN3O5. The molecule has 4 aliphatic heterocycles. The lowest BCUT2D eigenvalue weighted by molar-refractivity contribution is -0.152. The zero-order valence-corrected chi connectivity index (χ0v) is 23.1. The van der Waals surface area contributed by atoms with Gasteiger partial charge in [-0.05, 0) is 43.0 Å². The highest BCUT2D eigenvalue weighted by atomic mass is 35.5. The summed E-state index contributed by atoms with van der Waals surface area (Å²) in [4.78, 5) is 47.6. The number of aliphatic hydroxyl groups is 1. The molecule has 4 heterocycles. The minimum absolute atomic E-state index is 0.170. The van der Waals surface area contributed by atoms with Crippen LogP contribution in [0.2, 0.25) is 5.02 Å². The van der Waals surface area contributed by atoms with Gasteiger partial charge in [0.15, 0.2) is 0 Å². The average Bonchev–Trinajstić information content (AvgIpc) is 3.19. The molecular weight excluding hydrogens is 506 g/mol. The number of likely N-dealkylation sites (tertiary alicyclic amines) is 1. The number of carbonyl (C=O) groups excluding carboxylic acids is 3. The van der Waals surface area contributed by atoms with Crippen LogP contribution in [0.5, 0.6) is 0 Å². The normalized spacial score (nSPS) is 33.4. The van der Waals surface area contributed by atoms with E-state index in [4.69, 9.17) is 16.3 Å². The monoisotopic (exact) mass is 541 g/mol. The van der Waals surface area contributed by atoms with Crippen molar-refractivity contribution in [1.82, 2.24) is 9.80 Å². The van der Waals surface area contributed by atoms with Crippen LogP contribution in [0.25, 0.3) is 0 Å². The number of rotatable bonds is 6. The van der Waals surface area contributed by atoms with E-state index in [2.05, 4.69) is 0 Å². The van der Waals surface area contributed by atoms with Crippen molar-refractivity contribution in [2.75, 3.05) is 31.6 Å². The van der Waals surface area contributed by atoms with Crippen LogP contribution in [-0.2, 0) is 19.1 Å². The first-order chi connectivity index (χ1) is 18.1. The Balaban J connectivity index is 1.70. The molecule has 2 saturated heterocycles. The van der Waals surface area contributed by atoms with E-state index in [0.717, 1.165) is 0 Å². The maximum atomic E-state index is 14.5. The summed E-state index contributed by atoms with van der Waals surface area (Å²) in [7, 11) is 1.73. The molecule has 1 spiro atoms. The van der Waals surface area contributed by atoms with Crippen LogP contribution in [0.3, 0.4) is 0 Å². The topological polar surface area (TPSA) is 90.4 Å². The molecule has 204 valence electrons. The van der Waals surface area contributed by atoms with E-state index in [1.165, 1.54) is 4.90 Å². The van der Waals surface area contributed by atoms with E-state index >= 15 is 0 Å². The van der Waals surface area contributed by atoms with Crippen molar-refractivity contribution in [3.05, 3.63) is 53.6 Å². The molecule has 1 aromatic rings. The fourth-order valence-corrected chi connectivity index (χ4v) is 7.01. The second-order valence-corrected chi connectivity index (χ2v) is 11.7. The first-order valence-electron chi connectivity index (χ1n) is 13.4. The molecule has 2 fully saturated rings. The van der Waals surface area contributed by atoms with Crippen molar-refractivity contribution in [1.29, 1.82) is 0 Å². The molecule has 38 heavy (non-hydrogen) atoms. The lowest BCUT2D eigenvalue weighted by Gasteiger charge is -2.41. The average molecular weight is 542 g/mol. The Hall–Kier alpha value is -2.68. The molecule has 0 radical (unpaired) electrons. The van der Waals surface area contributed by atoms with Crippen LogP contribution < -0.4 is 4.90 Å². The summed E-state index contributed by atoms with van der Waals surface area (Å²) in [5.74, 6) is -2.29. The molecule has 5 rings (SSSR count). The number of aliphatic hydroxyl groups excluding tert-OH is 1. The molecule has 0 aromatic heterocycles. The minimum atomic E-state index is -1.35. The predicted molar refractivity (Wildman–Crippen MR) is 145 cm³/mol. The summed E-state index contributed by atoms with van der Waals surface area (Å²) in [5, 5.41) is 11.0. The summed E-state index contributed by atoms with van der Waals surface area (Å²) in [5.41, 5.74) is -1.72. The van der Waals surface area contributed by atoms with Gasteiger partial charge in [-0.15, -0.1) is 0 Å².